The minimum Gasteiger partial charge on any atom is -0.508 e. The number of rotatable bonds is 1. The van der Waals surface area contributed by atoms with Gasteiger partial charge in [-0.05, 0) is 43.9 Å². The third-order valence-corrected chi connectivity index (χ3v) is 4.02. The van der Waals surface area contributed by atoms with Gasteiger partial charge in [-0.1, -0.05) is 6.07 Å². The molecular weight excluding hydrogens is 236 g/mol. The van der Waals surface area contributed by atoms with Gasteiger partial charge in [0.1, 0.15) is 5.75 Å². The Kier molecular flexibility index (Phi) is 3.09. The molecule has 0 atom stereocenters. The van der Waals surface area contributed by atoms with Gasteiger partial charge < -0.3 is 10.8 Å². The number of phenolic OH excluding ortho intramolecular Hbond substituents is 1. The summed E-state index contributed by atoms with van der Waals surface area (Å²) in [7, 11) is 0. The van der Waals surface area contributed by atoms with Gasteiger partial charge in [-0.3, -0.25) is 0 Å². The molecule has 18 heavy (non-hydrogen) atoms. The summed E-state index contributed by atoms with van der Waals surface area (Å²) in [6.45, 7) is 3.83. The molecule has 0 bridgehead atoms. The fourth-order valence-corrected chi connectivity index (χ4v) is 2.53. The minimum atomic E-state index is -2.61. The average molecular weight is 255 g/mol. The standard InChI is InChI=1S/C14H19F2NO/c1-9-7-11(12(18)8-10(9)2)13(17)3-5-14(15,16)6-4-13/h7-8,18H,3-6,17H2,1-2H3. The Labute approximate surface area is 106 Å². The van der Waals surface area contributed by atoms with Crippen molar-refractivity contribution in [3.63, 3.8) is 0 Å². The first-order valence-electron chi connectivity index (χ1n) is 6.21. The quantitative estimate of drug-likeness (QED) is 0.808. The lowest BCUT2D eigenvalue weighted by Gasteiger charge is -2.38. The van der Waals surface area contributed by atoms with Crippen LogP contribution in [0.5, 0.6) is 5.75 Å². The van der Waals surface area contributed by atoms with Crippen LogP contribution in [0.4, 0.5) is 8.78 Å². The highest BCUT2D eigenvalue weighted by Crippen LogP contribution is 2.44. The highest BCUT2D eigenvalue weighted by molar-refractivity contribution is 5.45. The summed E-state index contributed by atoms with van der Waals surface area (Å²) in [5.41, 5.74) is 7.99. The molecule has 0 spiro atoms. The lowest BCUT2D eigenvalue weighted by atomic mass is 9.75. The molecule has 2 rings (SSSR count). The van der Waals surface area contributed by atoms with Gasteiger partial charge in [-0.25, -0.2) is 8.78 Å². The number of phenols is 1. The maximum atomic E-state index is 13.2. The Hall–Kier alpha value is -1.16. The fourth-order valence-electron chi connectivity index (χ4n) is 2.53. The average Bonchev–Trinajstić information content (AvgIpc) is 2.28. The molecule has 1 aliphatic carbocycles. The van der Waals surface area contributed by atoms with Crippen molar-refractivity contribution in [1.82, 2.24) is 0 Å². The predicted octanol–water partition coefficient (Wildman–Crippen LogP) is 3.37. The third-order valence-electron chi connectivity index (χ3n) is 4.02. The van der Waals surface area contributed by atoms with E-state index in [4.69, 9.17) is 5.73 Å². The second-order valence-electron chi connectivity index (χ2n) is 5.47. The molecule has 0 heterocycles. The van der Waals surface area contributed by atoms with Crippen LogP contribution in [0.15, 0.2) is 12.1 Å². The maximum absolute atomic E-state index is 13.2. The topological polar surface area (TPSA) is 46.2 Å². The molecule has 1 saturated carbocycles. The van der Waals surface area contributed by atoms with Gasteiger partial charge in [0.15, 0.2) is 0 Å². The van der Waals surface area contributed by atoms with Gasteiger partial charge in [-0.15, -0.1) is 0 Å². The highest BCUT2D eigenvalue weighted by atomic mass is 19.3. The van der Waals surface area contributed by atoms with Gasteiger partial charge in [0, 0.05) is 23.9 Å². The summed E-state index contributed by atoms with van der Waals surface area (Å²) >= 11 is 0. The molecule has 0 aromatic heterocycles. The number of benzene rings is 1. The molecule has 4 heteroatoms. The zero-order chi connectivity index (χ0) is 13.6. The van der Waals surface area contributed by atoms with Crippen LogP contribution in [0.2, 0.25) is 0 Å². The number of halogens is 2. The van der Waals surface area contributed by atoms with Crippen LogP contribution < -0.4 is 5.73 Å². The second kappa shape index (κ2) is 4.19. The van der Waals surface area contributed by atoms with Gasteiger partial charge in [0.05, 0.1) is 0 Å². The first kappa shape index (κ1) is 13.3. The Bertz CT molecular complexity index is 461. The minimum absolute atomic E-state index is 0.116. The molecule has 0 saturated heterocycles. The van der Waals surface area contributed by atoms with E-state index in [1.807, 2.05) is 19.9 Å². The second-order valence-corrected chi connectivity index (χ2v) is 5.47. The number of aromatic hydroxyl groups is 1. The van der Waals surface area contributed by atoms with Crippen molar-refractivity contribution in [3.8, 4) is 5.75 Å². The summed E-state index contributed by atoms with van der Waals surface area (Å²) in [6.07, 6.45) is -0.0160. The van der Waals surface area contributed by atoms with Crippen molar-refractivity contribution in [2.75, 3.05) is 0 Å². The van der Waals surface area contributed by atoms with E-state index in [1.165, 1.54) is 0 Å². The zero-order valence-corrected chi connectivity index (χ0v) is 10.8. The van der Waals surface area contributed by atoms with E-state index in [0.29, 0.717) is 5.56 Å². The van der Waals surface area contributed by atoms with Gasteiger partial charge in [0.2, 0.25) is 5.92 Å². The van der Waals surface area contributed by atoms with E-state index in [9.17, 15) is 13.9 Å². The van der Waals surface area contributed by atoms with E-state index in [-0.39, 0.29) is 31.4 Å². The predicted molar refractivity (Wildman–Crippen MR) is 66.9 cm³/mol. The van der Waals surface area contributed by atoms with Crippen molar-refractivity contribution in [2.45, 2.75) is 51.0 Å². The van der Waals surface area contributed by atoms with E-state index in [1.54, 1.807) is 6.07 Å². The molecule has 0 aliphatic heterocycles. The molecule has 0 amide bonds. The smallest absolute Gasteiger partial charge is 0.248 e. The van der Waals surface area contributed by atoms with E-state index in [0.717, 1.165) is 11.1 Å². The molecule has 100 valence electrons. The van der Waals surface area contributed by atoms with E-state index >= 15 is 0 Å². The largest absolute Gasteiger partial charge is 0.508 e. The summed E-state index contributed by atoms with van der Waals surface area (Å²) in [6, 6.07) is 3.49. The van der Waals surface area contributed by atoms with Crippen LogP contribution in [0.25, 0.3) is 0 Å². The molecule has 0 unspecified atom stereocenters. The highest BCUT2D eigenvalue weighted by Gasteiger charge is 2.43. The Balaban J connectivity index is 2.34. The van der Waals surface area contributed by atoms with Crippen LogP contribution in [0, 0.1) is 13.8 Å². The number of nitrogens with two attached hydrogens (primary N) is 1. The monoisotopic (exact) mass is 255 g/mol. The molecule has 0 radical (unpaired) electrons. The van der Waals surface area contributed by atoms with Crippen molar-refractivity contribution in [1.29, 1.82) is 0 Å². The molecule has 1 aliphatic rings. The molecule has 3 N–H and O–H groups in total. The van der Waals surface area contributed by atoms with Gasteiger partial charge in [0.25, 0.3) is 0 Å². The number of aryl methyl sites for hydroxylation is 2. The molecule has 1 aromatic rings. The SMILES string of the molecule is Cc1cc(O)c(C2(N)CCC(F)(F)CC2)cc1C. The maximum Gasteiger partial charge on any atom is 0.248 e. The van der Waals surface area contributed by atoms with Crippen molar-refractivity contribution < 1.29 is 13.9 Å². The fraction of sp³-hybridized carbons (Fsp3) is 0.571. The first-order chi connectivity index (χ1) is 8.23. The van der Waals surface area contributed by atoms with E-state index in [2.05, 4.69) is 0 Å². The molecule has 1 fully saturated rings. The van der Waals surface area contributed by atoms with Crippen molar-refractivity contribution >= 4 is 0 Å². The summed E-state index contributed by atoms with van der Waals surface area (Å²) < 4.78 is 26.4. The lowest BCUT2D eigenvalue weighted by Crippen LogP contribution is -2.43. The third kappa shape index (κ3) is 2.34. The van der Waals surface area contributed by atoms with Crippen LogP contribution in [0.1, 0.15) is 42.4 Å². The zero-order valence-electron chi connectivity index (χ0n) is 10.8. The number of alkyl halides is 2. The molecular formula is C14H19F2NO. The van der Waals surface area contributed by atoms with Gasteiger partial charge >= 0.3 is 0 Å². The van der Waals surface area contributed by atoms with Crippen LogP contribution in [-0.2, 0) is 5.54 Å². The van der Waals surface area contributed by atoms with Crippen LogP contribution >= 0.6 is 0 Å². The van der Waals surface area contributed by atoms with Crippen molar-refractivity contribution in [2.24, 2.45) is 5.73 Å². The van der Waals surface area contributed by atoms with Gasteiger partial charge in [-0.2, -0.15) is 0 Å². The molecule has 2 nitrogen and oxygen atoms in total. The summed E-state index contributed by atoms with van der Waals surface area (Å²) in [5, 5.41) is 10.00. The Morgan fingerprint density at radius 2 is 1.56 bits per heavy atom. The lowest BCUT2D eigenvalue weighted by molar-refractivity contribution is -0.0516. The summed E-state index contributed by atoms with van der Waals surface area (Å²) in [4.78, 5) is 0. The Morgan fingerprint density at radius 1 is 1.06 bits per heavy atom. The van der Waals surface area contributed by atoms with E-state index < -0.39 is 11.5 Å². The normalized spacial score (nSPS) is 21.8. The molecule has 1 aromatic carbocycles. The summed E-state index contributed by atoms with van der Waals surface area (Å²) in [5.74, 6) is -2.50. The number of hydrogen-bond donors (Lipinski definition) is 2. The number of hydrogen-bond acceptors (Lipinski definition) is 2. The van der Waals surface area contributed by atoms with Crippen LogP contribution in [-0.4, -0.2) is 11.0 Å². The Morgan fingerprint density at radius 3 is 2.11 bits per heavy atom. The first-order valence-corrected chi connectivity index (χ1v) is 6.21. The van der Waals surface area contributed by atoms with Crippen molar-refractivity contribution in [3.05, 3.63) is 28.8 Å². The van der Waals surface area contributed by atoms with Crippen LogP contribution in [0.3, 0.4) is 0 Å².